The summed E-state index contributed by atoms with van der Waals surface area (Å²) in [5, 5.41) is 8.54. The van der Waals surface area contributed by atoms with E-state index in [1.165, 1.54) is 10.6 Å². The molecule has 0 fully saturated rings. The molecule has 2 aromatic rings. The summed E-state index contributed by atoms with van der Waals surface area (Å²) in [6.45, 7) is 3.01. The van der Waals surface area contributed by atoms with Gasteiger partial charge < -0.3 is 5.32 Å². The molecule has 0 bridgehead atoms. The van der Waals surface area contributed by atoms with Crippen LogP contribution in [0.4, 0.5) is 5.13 Å². The Kier molecular flexibility index (Phi) is 3.16. The molecule has 0 aromatic carbocycles. The van der Waals surface area contributed by atoms with Crippen molar-refractivity contribution in [3.05, 3.63) is 33.5 Å². The SMILES string of the molecule is CCc1csc(NCc2cccs2)n1. The molecular weight excluding hydrogens is 212 g/mol. The van der Waals surface area contributed by atoms with Crippen LogP contribution in [0, 0.1) is 0 Å². The van der Waals surface area contributed by atoms with Crippen molar-refractivity contribution in [3.8, 4) is 0 Å². The molecule has 2 rings (SSSR count). The summed E-state index contributed by atoms with van der Waals surface area (Å²) in [6, 6.07) is 4.20. The lowest BCUT2D eigenvalue weighted by atomic mass is 10.4. The molecule has 2 nitrogen and oxygen atoms in total. The van der Waals surface area contributed by atoms with Gasteiger partial charge in [0.15, 0.2) is 5.13 Å². The first-order valence-corrected chi connectivity index (χ1v) is 6.35. The van der Waals surface area contributed by atoms with Crippen LogP contribution in [0.3, 0.4) is 0 Å². The summed E-state index contributed by atoms with van der Waals surface area (Å²) >= 11 is 3.45. The number of rotatable bonds is 4. The molecule has 0 atom stereocenters. The largest absolute Gasteiger partial charge is 0.357 e. The first-order chi connectivity index (χ1) is 6.88. The summed E-state index contributed by atoms with van der Waals surface area (Å²) in [5.41, 5.74) is 1.17. The number of hydrogen-bond acceptors (Lipinski definition) is 4. The smallest absolute Gasteiger partial charge is 0.183 e. The maximum absolute atomic E-state index is 4.44. The first-order valence-electron chi connectivity index (χ1n) is 4.59. The second kappa shape index (κ2) is 4.57. The highest BCUT2D eigenvalue weighted by Crippen LogP contribution is 2.17. The summed E-state index contributed by atoms with van der Waals surface area (Å²) in [7, 11) is 0. The molecule has 74 valence electrons. The average molecular weight is 224 g/mol. The van der Waals surface area contributed by atoms with E-state index in [0.717, 1.165) is 18.1 Å². The first kappa shape index (κ1) is 9.68. The van der Waals surface area contributed by atoms with Gasteiger partial charge >= 0.3 is 0 Å². The molecule has 1 N–H and O–H groups in total. The molecule has 0 saturated heterocycles. The molecule has 0 radical (unpaired) electrons. The van der Waals surface area contributed by atoms with Crippen molar-refractivity contribution in [1.82, 2.24) is 4.98 Å². The quantitative estimate of drug-likeness (QED) is 0.861. The summed E-state index contributed by atoms with van der Waals surface area (Å²) in [4.78, 5) is 5.79. The molecule has 0 spiro atoms. The van der Waals surface area contributed by atoms with Crippen molar-refractivity contribution in [2.24, 2.45) is 0 Å². The average Bonchev–Trinajstić information content (AvgIpc) is 2.86. The highest BCUT2D eigenvalue weighted by atomic mass is 32.1. The van der Waals surface area contributed by atoms with Gasteiger partial charge in [0, 0.05) is 10.3 Å². The Morgan fingerprint density at radius 1 is 1.43 bits per heavy atom. The lowest BCUT2D eigenvalue weighted by molar-refractivity contribution is 1.05. The summed E-state index contributed by atoms with van der Waals surface area (Å²) < 4.78 is 0. The van der Waals surface area contributed by atoms with Gasteiger partial charge in [-0.2, -0.15) is 0 Å². The van der Waals surface area contributed by atoms with E-state index in [1.54, 1.807) is 22.7 Å². The van der Waals surface area contributed by atoms with Crippen molar-refractivity contribution in [2.75, 3.05) is 5.32 Å². The number of thiazole rings is 1. The number of hydrogen-bond donors (Lipinski definition) is 1. The molecule has 0 aliphatic heterocycles. The van der Waals surface area contributed by atoms with Crippen LogP contribution in [0.15, 0.2) is 22.9 Å². The Morgan fingerprint density at radius 3 is 3.00 bits per heavy atom. The highest BCUT2D eigenvalue weighted by molar-refractivity contribution is 7.13. The van der Waals surface area contributed by atoms with Gasteiger partial charge in [-0.3, -0.25) is 0 Å². The molecule has 4 heteroatoms. The highest BCUT2D eigenvalue weighted by Gasteiger charge is 1.99. The number of nitrogens with zero attached hydrogens (tertiary/aromatic N) is 1. The Hall–Kier alpha value is -0.870. The van der Waals surface area contributed by atoms with E-state index in [1.807, 2.05) is 0 Å². The summed E-state index contributed by atoms with van der Waals surface area (Å²) in [6.07, 6.45) is 1.01. The Balaban J connectivity index is 1.92. The fourth-order valence-corrected chi connectivity index (χ4v) is 2.56. The van der Waals surface area contributed by atoms with Gasteiger partial charge in [-0.15, -0.1) is 22.7 Å². The molecule has 0 unspecified atom stereocenters. The van der Waals surface area contributed by atoms with E-state index in [0.29, 0.717) is 0 Å². The Morgan fingerprint density at radius 2 is 2.36 bits per heavy atom. The number of thiophene rings is 1. The number of anilines is 1. The van der Waals surface area contributed by atoms with E-state index in [4.69, 9.17) is 0 Å². The minimum atomic E-state index is 0.883. The van der Waals surface area contributed by atoms with Crippen LogP contribution in [-0.4, -0.2) is 4.98 Å². The third kappa shape index (κ3) is 2.33. The number of aryl methyl sites for hydroxylation is 1. The predicted octanol–water partition coefficient (Wildman–Crippen LogP) is 3.38. The van der Waals surface area contributed by atoms with Gasteiger partial charge in [-0.25, -0.2) is 4.98 Å². The molecule has 14 heavy (non-hydrogen) atoms. The van der Waals surface area contributed by atoms with Crippen molar-refractivity contribution in [3.63, 3.8) is 0 Å². The third-order valence-corrected chi connectivity index (χ3v) is 3.63. The maximum Gasteiger partial charge on any atom is 0.183 e. The van der Waals surface area contributed by atoms with Crippen molar-refractivity contribution in [2.45, 2.75) is 19.9 Å². The van der Waals surface area contributed by atoms with E-state index >= 15 is 0 Å². The molecule has 2 heterocycles. The van der Waals surface area contributed by atoms with Crippen LogP contribution in [-0.2, 0) is 13.0 Å². The molecule has 0 saturated carbocycles. The zero-order valence-corrected chi connectivity index (χ0v) is 9.62. The van der Waals surface area contributed by atoms with Crippen molar-refractivity contribution in [1.29, 1.82) is 0 Å². The minimum Gasteiger partial charge on any atom is -0.357 e. The number of aromatic nitrogens is 1. The molecule has 2 aromatic heterocycles. The lowest BCUT2D eigenvalue weighted by Crippen LogP contribution is -1.96. The van der Waals surface area contributed by atoms with Crippen LogP contribution in [0.1, 0.15) is 17.5 Å². The van der Waals surface area contributed by atoms with Crippen LogP contribution in [0.2, 0.25) is 0 Å². The van der Waals surface area contributed by atoms with E-state index in [2.05, 4.69) is 40.1 Å². The molecular formula is C10H12N2S2. The van der Waals surface area contributed by atoms with E-state index in [-0.39, 0.29) is 0 Å². The summed E-state index contributed by atoms with van der Waals surface area (Å²) in [5.74, 6) is 0. The lowest BCUT2D eigenvalue weighted by Gasteiger charge is -1.98. The zero-order valence-electron chi connectivity index (χ0n) is 7.99. The van der Waals surface area contributed by atoms with Crippen molar-refractivity contribution >= 4 is 27.8 Å². The number of nitrogens with one attached hydrogen (secondary N) is 1. The monoisotopic (exact) mass is 224 g/mol. The fourth-order valence-electron chi connectivity index (χ4n) is 1.13. The van der Waals surface area contributed by atoms with Crippen LogP contribution >= 0.6 is 22.7 Å². The van der Waals surface area contributed by atoms with Crippen LogP contribution in [0.25, 0.3) is 0 Å². The van der Waals surface area contributed by atoms with Gasteiger partial charge in [-0.05, 0) is 17.9 Å². The minimum absolute atomic E-state index is 0.883. The van der Waals surface area contributed by atoms with Gasteiger partial charge in [0.25, 0.3) is 0 Å². The second-order valence-electron chi connectivity index (χ2n) is 2.93. The molecule has 0 aliphatic carbocycles. The standard InChI is InChI=1S/C10H12N2S2/c1-2-8-7-14-10(12-8)11-6-9-4-3-5-13-9/h3-5,7H,2,6H2,1H3,(H,11,12). The topological polar surface area (TPSA) is 24.9 Å². The third-order valence-electron chi connectivity index (χ3n) is 1.91. The normalized spacial score (nSPS) is 10.4. The zero-order chi connectivity index (χ0) is 9.80. The predicted molar refractivity (Wildman–Crippen MR) is 63.1 cm³/mol. The molecule has 0 aliphatic rings. The van der Waals surface area contributed by atoms with Crippen LogP contribution < -0.4 is 5.32 Å². The van der Waals surface area contributed by atoms with Gasteiger partial charge in [0.2, 0.25) is 0 Å². The fraction of sp³-hybridized carbons (Fsp3) is 0.300. The van der Waals surface area contributed by atoms with Crippen LogP contribution in [0.5, 0.6) is 0 Å². The van der Waals surface area contributed by atoms with Gasteiger partial charge in [-0.1, -0.05) is 13.0 Å². The Labute approximate surface area is 91.6 Å². The Bertz CT molecular complexity index is 378. The molecule has 0 amide bonds. The maximum atomic E-state index is 4.44. The van der Waals surface area contributed by atoms with Crippen molar-refractivity contribution < 1.29 is 0 Å². The second-order valence-corrected chi connectivity index (χ2v) is 4.82. The van der Waals surface area contributed by atoms with E-state index in [9.17, 15) is 0 Å². The van der Waals surface area contributed by atoms with Gasteiger partial charge in [0.05, 0.1) is 12.2 Å². The van der Waals surface area contributed by atoms with E-state index < -0.39 is 0 Å². The van der Waals surface area contributed by atoms with Gasteiger partial charge in [0.1, 0.15) is 0 Å².